The van der Waals surface area contributed by atoms with Gasteiger partial charge in [-0.15, -0.1) is 0 Å². The van der Waals surface area contributed by atoms with Crippen LogP contribution < -0.4 is 4.74 Å². The van der Waals surface area contributed by atoms with Gasteiger partial charge in [0, 0.05) is 12.5 Å². The van der Waals surface area contributed by atoms with Crippen molar-refractivity contribution in [1.82, 2.24) is 0 Å². The quantitative estimate of drug-likeness (QED) is 0.460. The fourth-order valence-electron chi connectivity index (χ4n) is 3.60. The molecule has 3 aromatic rings. The maximum atomic E-state index is 13.3. The van der Waals surface area contributed by atoms with Gasteiger partial charge in [0.25, 0.3) is 0 Å². The Hall–Kier alpha value is -2.69. The second-order valence-electron chi connectivity index (χ2n) is 7.50. The molecule has 0 saturated carbocycles. The van der Waals surface area contributed by atoms with Crippen LogP contribution >= 0.6 is 0 Å². The number of aliphatic hydroxyl groups excluding tert-OH is 1. The summed E-state index contributed by atoms with van der Waals surface area (Å²) in [6.45, 7) is 2.54. The lowest BCUT2D eigenvalue weighted by molar-refractivity contribution is -0.0507. The Bertz CT molecular complexity index is 852. The van der Waals surface area contributed by atoms with Crippen molar-refractivity contribution in [1.29, 1.82) is 0 Å². The summed E-state index contributed by atoms with van der Waals surface area (Å²) in [4.78, 5) is 0. The summed E-state index contributed by atoms with van der Waals surface area (Å²) in [7, 11) is 0. The monoisotopic (exact) mass is 408 g/mol. The van der Waals surface area contributed by atoms with Crippen LogP contribution in [0.25, 0.3) is 0 Å². The number of benzene rings is 3. The molecule has 158 valence electrons. The SMILES string of the molecule is CC(OCc1ccccc1)[C@H](Oc1ccccc1)C(CCO)Cc1ccc(F)cc1. The zero-order valence-electron chi connectivity index (χ0n) is 17.3. The van der Waals surface area contributed by atoms with E-state index in [0.29, 0.717) is 19.4 Å². The van der Waals surface area contributed by atoms with Crippen LogP contribution in [0.5, 0.6) is 5.75 Å². The molecule has 30 heavy (non-hydrogen) atoms. The number of para-hydroxylation sites is 1. The van der Waals surface area contributed by atoms with E-state index in [1.54, 1.807) is 12.1 Å². The molecule has 3 atom stereocenters. The molecule has 0 aliphatic carbocycles. The van der Waals surface area contributed by atoms with Crippen molar-refractivity contribution in [3.05, 3.63) is 102 Å². The minimum Gasteiger partial charge on any atom is -0.487 e. The van der Waals surface area contributed by atoms with Crippen LogP contribution in [-0.2, 0) is 17.8 Å². The van der Waals surface area contributed by atoms with Gasteiger partial charge in [0.05, 0.1) is 12.7 Å². The van der Waals surface area contributed by atoms with Crippen LogP contribution in [-0.4, -0.2) is 23.9 Å². The van der Waals surface area contributed by atoms with E-state index in [9.17, 15) is 9.50 Å². The molecule has 0 aliphatic rings. The van der Waals surface area contributed by atoms with Crippen LogP contribution in [0.3, 0.4) is 0 Å². The summed E-state index contributed by atoms with van der Waals surface area (Å²) in [6, 6.07) is 26.2. The van der Waals surface area contributed by atoms with Crippen LogP contribution in [0.15, 0.2) is 84.9 Å². The summed E-state index contributed by atoms with van der Waals surface area (Å²) >= 11 is 0. The first-order valence-corrected chi connectivity index (χ1v) is 10.4. The van der Waals surface area contributed by atoms with Gasteiger partial charge >= 0.3 is 0 Å². The molecule has 0 spiro atoms. The van der Waals surface area contributed by atoms with Crippen molar-refractivity contribution in [3.63, 3.8) is 0 Å². The maximum Gasteiger partial charge on any atom is 0.128 e. The van der Waals surface area contributed by atoms with Gasteiger partial charge in [-0.1, -0.05) is 60.7 Å². The maximum absolute atomic E-state index is 13.3. The minimum absolute atomic E-state index is 0.00596. The third-order valence-corrected chi connectivity index (χ3v) is 5.21. The van der Waals surface area contributed by atoms with Gasteiger partial charge in [0.2, 0.25) is 0 Å². The van der Waals surface area contributed by atoms with Crippen molar-refractivity contribution >= 4 is 0 Å². The van der Waals surface area contributed by atoms with Crippen molar-refractivity contribution in [3.8, 4) is 5.75 Å². The standard InChI is InChI=1S/C26H29FO3/c1-20(29-19-22-8-4-2-5-9-22)26(30-25-10-6-3-7-11-25)23(16-17-28)18-21-12-14-24(27)15-13-21/h2-15,20,23,26,28H,16-19H2,1H3/t20?,23?,26-/m0/s1. The summed E-state index contributed by atoms with van der Waals surface area (Å²) < 4.78 is 25.9. The number of aliphatic hydroxyl groups is 1. The Morgan fingerprint density at radius 3 is 2.10 bits per heavy atom. The molecule has 2 unspecified atom stereocenters. The van der Waals surface area contributed by atoms with Gasteiger partial charge in [0.15, 0.2) is 0 Å². The van der Waals surface area contributed by atoms with Gasteiger partial charge in [-0.3, -0.25) is 0 Å². The van der Waals surface area contributed by atoms with Crippen LogP contribution in [0.4, 0.5) is 4.39 Å². The fourth-order valence-corrected chi connectivity index (χ4v) is 3.60. The number of rotatable bonds is 11. The Kier molecular flexibility index (Phi) is 8.42. The van der Waals surface area contributed by atoms with Crippen LogP contribution in [0, 0.1) is 11.7 Å². The molecule has 0 aromatic heterocycles. The molecule has 3 rings (SSSR count). The molecule has 0 saturated heterocycles. The molecule has 0 aliphatic heterocycles. The highest BCUT2D eigenvalue weighted by atomic mass is 19.1. The molecule has 0 fully saturated rings. The van der Waals surface area contributed by atoms with E-state index in [1.807, 2.05) is 67.6 Å². The van der Waals surface area contributed by atoms with Crippen LogP contribution in [0.1, 0.15) is 24.5 Å². The third-order valence-electron chi connectivity index (χ3n) is 5.21. The average Bonchev–Trinajstić information content (AvgIpc) is 2.78. The predicted octanol–water partition coefficient (Wildman–Crippen LogP) is 5.42. The first-order chi connectivity index (χ1) is 14.7. The second-order valence-corrected chi connectivity index (χ2v) is 7.50. The minimum atomic E-state index is -0.270. The van der Waals surface area contributed by atoms with Gasteiger partial charge in [-0.2, -0.15) is 0 Å². The number of hydrogen-bond acceptors (Lipinski definition) is 3. The van der Waals surface area contributed by atoms with E-state index in [1.165, 1.54) is 12.1 Å². The Labute approximate surface area is 178 Å². The Balaban J connectivity index is 1.78. The molecule has 3 nitrogen and oxygen atoms in total. The molecule has 0 radical (unpaired) electrons. The second kappa shape index (κ2) is 11.5. The van der Waals surface area contributed by atoms with Crippen molar-refractivity contribution < 1.29 is 19.0 Å². The average molecular weight is 409 g/mol. The zero-order chi connectivity index (χ0) is 21.2. The van der Waals surface area contributed by atoms with E-state index < -0.39 is 0 Å². The van der Waals surface area contributed by atoms with E-state index in [-0.39, 0.29) is 30.5 Å². The largest absolute Gasteiger partial charge is 0.487 e. The van der Waals surface area contributed by atoms with E-state index >= 15 is 0 Å². The fraction of sp³-hybridized carbons (Fsp3) is 0.308. The van der Waals surface area contributed by atoms with Gasteiger partial charge in [-0.05, 0) is 55.2 Å². The summed E-state index contributed by atoms with van der Waals surface area (Å²) in [5, 5.41) is 9.71. The summed E-state index contributed by atoms with van der Waals surface area (Å²) in [5.41, 5.74) is 2.10. The van der Waals surface area contributed by atoms with E-state index in [0.717, 1.165) is 16.9 Å². The Morgan fingerprint density at radius 2 is 1.47 bits per heavy atom. The van der Waals surface area contributed by atoms with Crippen molar-refractivity contribution in [2.75, 3.05) is 6.61 Å². The third kappa shape index (κ3) is 6.68. The smallest absolute Gasteiger partial charge is 0.128 e. The van der Waals surface area contributed by atoms with Crippen molar-refractivity contribution in [2.24, 2.45) is 5.92 Å². The van der Waals surface area contributed by atoms with Crippen molar-refractivity contribution in [2.45, 2.75) is 38.6 Å². The zero-order valence-corrected chi connectivity index (χ0v) is 17.3. The highest BCUT2D eigenvalue weighted by molar-refractivity contribution is 5.22. The number of halogens is 1. The van der Waals surface area contributed by atoms with Gasteiger partial charge in [0.1, 0.15) is 17.7 Å². The highest BCUT2D eigenvalue weighted by Crippen LogP contribution is 2.26. The summed E-state index contributed by atoms with van der Waals surface area (Å²) in [5.74, 6) is 0.514. The van der Waals surface area contributed by atoms with E-state index in [2.05, 4.69) is 0 Å². The molecule has 4 heteroatoms. The lowest BCUT2D eigenvalue weighted by Crippen LogP contribution is -2.40. The first kappa shape index (κ1) is 22.0. The molecular weight excluding hydrogens is 379 g/mol. The van der Waals surface area contributed by atoms with Gasteiger partial charge < -0.3 is 14.6 Å². The van der Waals surface area contributed by atoms with E-state index in [4.69, 9.17) is 9.47 Å². The van der Waals surface area contributed by atoms with Gasteiger partial charge in [-0.25, -0.2) is 4.39 Å². The Morgan fingerprint density at radius 1 is 0.833 bits per heavy atom. The number of ether oxygens (including phenoxy) is 2. The number of hydrogen-bond donors (Lipinski definition) is 1. The lowest BCUT2D eigenvalue weighted by Gasteiger charge is -2.32. The topological polar surface area (TPSA) is 38.7 Å². The first-order valence-electron chi connectivity index (χ1n) is 10.4. The molecule has 3 aromatic carbocycles. The van der Waals surface area contributed by atoms with Crippen LogP contribution in [0.2, 0.25) is 0 Å². The molecule has 0 amide bonds. The summed E-state index contributed by atoms with van der Waals surface area (Å²) in [6.07, 6.45) is 0.751. The lowest BCUT2D eigenvalue weighted by atomic mass is 9.88. The molecular formula is C26H29FO3. The highest BCUT2D eigenvalue weighted by Gasteiger charge is 2.30. The predicted molar refractivity (Wildman–Crippen MR) is 117 cm³/mol. The molecule has 0 heterocycles. The molecule has 0 bridgehead atoms. The normalized spacial score (nSPS) is 14.1. The molecule has 1 N–H and O–H groups in total.